The Morgan fingerprint density at radius 3 is 2.68 bits per heavy atom. The molecule has 6 heteroatoms. The third-order valence-corrected chi connectivity index (χ3v) is 2.61. The number of imidazole rings is 1. The minimum absolute atomic E-state index is 0.134. The summed E-state index contributed by atoms with van der Waals surface area (Å²) < 4.78 is 6.37. The largest absolute Gasteiger partial charge is 0.411 e. The normalized spacial score (nSPS) is 10.5. The average molecular weight is 254 g/mol. The minimum Gasteiger partial charge on any atom is -0.390 e. The van der Waals surface area contributed by atoms with Crippen LogP contribution >= 0.6 is 0 Å². The second-order valence-electron chi connectivity index (χ2n) is 3.87. The van der Waals surface area contributed by atoms with Gasteiger partial charge in [0, 0.05) is 11.6 Å². The van der Waals surface area contributed by atoms with Crippen LogP contribution < -0.4 is 10.5 Å². The lowest BCUT2D eigenvalue weighted by atomic mass is 10.2. The van der Waals surface area contributed by atoms with Crippen LogP contribution in [0.3, 0.4) is 0 Å². The summed E-state index contributed by atoms with van der Waals surface area (Å²) >= 11 is 0. The van der Waals surface area contributed by atoms with Crippen LogP contribution in [0, 0.1) is 0 Å². The average Bonchev–Trinajstić information content (AvgIpc) is 2.82. The number of nitrogens with zero attached hydrogens (tertiary/aromatic N) is 3. The van der Waals surface area contributed by atoms with Crippen LogP contribution in [0.2, 0.25) is 0 Å². The van der Waals surface area contributed by atoms with Crippen molar-refractivity contribution in [2.45, 2.75) is 0 Å². The van der Waals surface area contributed by atoms with Crippen molar-refractivity contribution in [2.24, 2.45) is 5.73 Å². The molecule has 0 saturated heterocycles. The number of fused-ring (bicyclic) bond motifs is 1. The molecule has 0 aliphatic heterocycles. The highest BCUT2D eigenvalue weighted by Gasteiger charge is 2.09. The van der Waals surface area contributed by atoms with Crippen LogP contribution in [0.4, 0.5) is 4.79 Å². The van der Waals surface area contributed by atoms with E-state index in [4.69, 9.17) is 10.5 Å². The lowest BCUT2D eigenvalue weighted by Crippen LogP contribution is -2.17. The van der Waals surface area contributed by atoms with E-state index in [2.05, 4.69) is 10.1 Å². The molecule has 6 nitrogen and oxygen atoms in total. The first-order chi connectivity index (χ1) is 9.24. The molecule has 0 aliphatic carbocycles. The van der Waals surface area contributed by atoms with Crippen LogP contribution in [0.1, 0.15) is 0 Å². The van der Waals surface area contributed by atoms with Crippen molar-refractivity contribution in [3.05, 3.63) is 48.7 Å². The van der Waals surface area contributed by atoms with Gasteiger partial charge in [-0.25, -0.2) is 14.3 Å². The van der Waals surface area contributed by atoms with Gasteiger partial charge in [0.25, 0.3) is 0 Å². The van der Waals surface area contributed by atoms with Gasteiger partial charge < -0.3 is 10.5 Å². The molecule has 0 aliphatic rings. The van der Waals surface area contributed by atoms with Crippen LogP contribution in [0.5, 0.6) is 5.88 Å². The molecule has 0 bridgehead atoms. The number of carbonyl (C=O) groups excluding carboxylic acids is 1. The van der Waals surface area contributed by atoms with Gasteiger partial charge in [0.05, 0.1) is 11.9 Å². The zero-order valence-electron chi connectivity index (χ0n) is 9.85. The topological polar surface area (TPSA) is 82.5 Å². The summed E-state index contributed by atoms with van der Waals surface area (Å²) in [7, 11) is 0. The number of aromatic nitrogens is 3. The molecular weight excluding hydrogens is 244 g/mol. The molecule has 2 N–H and O–H groups in total. The monoisotopic (exact) mass is 254 g/mol. The van der Waals surface area contributed by atoms with E-state index >= 15 is 0 Å². The van der Waals surface area contributed by atoms with Gasteiger partial charge in [-0.3, -0.25) is 0 Å². The van der Waals surface area contributed by atoms with Crippen LogP contribution in [0.15, 0.2) is 48.7 Å². The van der Waals surface area contributed by atoms with E-state index in [1.807, 2.05) is 30.3 Å². The van der Waals surface area contributed by atoms with Crippen molar-refractivity contribution in [1.29, 1.82) is 0 Å². The minimum atomic E-state index is -0.895. The van der Waals surface area contributed by atoms with E-state index in [0.717, 1.165) is 11.3 Å². The lowest BCUT2D eigenvalue weighted by Gasteiger charge is -2.03. The van der Waals surface area contributed by atoms with Gasteiger partial charge in [-0.1, -0.05) is 30.3 Å². The molecule has 0 fully saturated rings. The predicted octanol–water partition coefficient (Wildman–Crippen LogP) is 1.85. The molecule has 1 amide bonds. The molecule has 2 heterocycles. The SMILES string of the molecule is NC(=O)Oc1ccc2ncc(-c3ccccc3)n2n1. The summed E-state index contributed by atoms with van der Waals surface area (Å²) in [6, 6.07) is 12.9. The van der Waals surface area contributed by atoms with Gasteiger partial charge in [-0.15, -0.1) is 5.10 Å². The molecular formula is C13H10N4O2. The number of hydrogen-bond donors (Lipinski definition) is 1. The Morgan fingerprint density at radius 1 is 1.16 bits per heavy atom. The summed E-state index contributed by atoms with van der Waals surface area (Å²) in [4.78, 5) is 15.0. The Kier molecular flexibility index (Phi) is 2.60. The first-order valence-corrected chi connectivity index (χ1v) is 5.61. The first kappa shape index (κ1) is 11.2. The number of hydrogen-bond acceptors (Lipinski definition) is 4. The number of carbonyl (C=O) groups is 1. The molecule has 3 aromatic rings. The van der Waals surface area contributed by atoms with Gasteiger partial charge in [-0.05, 0) is 6.07 Å². The zero-order chi connectivity index (χ0) is 13.2. The Labute approximate surface area is 108 Å². The third-order valence-electron chi connectivity index (χ3n) is 2.61. The van der Waals surface area contributed by atoms with Gasteiger partial charge in [0.2, 0.25) is 5.88 Å². The van der Waals surface area contributed by atoms with Crippen LogP contribution in [-0.2, 0) is 0 Å². The molecule has 0 radical (unpaired) electrons. The standard InChI is InChI=1S/C13H10N4O2/c14-13(18)19-12-7-6-11-15-8-10(17(11)16-12)9-4-2-1-3-5-9/h1-8H,(H2,14,18). The summed E-state index contributed by atoms with van der Waals surface area (Å²) in [5.74, 6) is 0.134. The van der Waals surface area contributed by atoms with E-state index in [1.54, 1.807) is 22.8 Å². The van der Waals surface area contributed by atoms with Crippen LogP contribution in [-0.4, -0.2) is 20.7 Å². The fourth-order valence-corrected chi connectivity index (χ4v) is 1.82. The smallest absolute Gasteiger partial charge is 0.390 e. The number of nitrogens with two attached hydrogens (primary N) is 1. The zero-order valence-corrected chi connectivity index (χ0v) is 9.85. The van der Waals surface area contributed by atoms with E-state index in [1.165, 1.54) is 0 Å². The van der Waals surface area contributed by atoms with Crippen molar-refractivity contribution in [2.75, 3.05) is 0 Å². The van der Waals surface area contributed by atoms with Crippen molar-refractivity contribution in [3.8, 4) is 17.1 Å². The van der Waals surface area contributed by atoms with E-state index in [-0.39, 0.29) is 5.88 Å². The highest BCUT2D eigenvalue weighted by molar-refractivity contribution is 5.68. The van der Waals surface area contributed by atoms with Crippen LogP contribution in [0.25, 0.3) is 16.9 Å². The highest BCUT2D eigenvalue weighted by atomic mass is 16.6. The van der Waals surface area contributed by atoms with Gasteiger partial charge in [0.1, 0.15) is 0 Å². The first-order valence-electron chi connectivity index (χ1n) is 5.61. The summed E-state index contributed by atoms with van der Waals surface area (Å²) in [6.45, 7) is 0. The highest BCUT2D eigenvalue weighted by Crippen LogP contribution is 2.20. The van der Waals surface area contributed by atoms with Gasteiger partial charge >= 0.3 is 6.09 Å². The van der Waals surface area contributed by atoms with Crippen molar-refractivity contribution in [3.63, 3.8) is 0 Å². The van der Waals surface area contributed by atoms with E-state index < -0.39 is 6.09 Å². The fourth-order valence-electron chi connectivity index (χ4n) is 1.82. The maximum Gasteiger partial charge on any atom is 0.411 e. The Morgan fingerprint density at radius 2 is 1.95 bits per heavy atom. The van der Waals surface area contributed by atoms with E-state index in [0.29, 0.717) is 5.65 Å². The van der Waals surface area contributed by atoms with Crippen molar-refractivity contribution >= 4 is 11.7 Å². The number of amides is 1. The molecule has 3 rings (SSSR count). The molecule has 2 aromatic heterocycles. The maximum atomic E-state index is 10.7. The summed E-state index contributed by atoms with van der Waals surface area (Å²) in [5, 5.41) is 4.18. The molecule has 0 spiro atoms. The second kappa shape index (κ2) is 4.41. The summed E-state index contributed by atoms with van der Waals surface area (Å²) in [6.07, 6.45) is 0.819. The third kappa shape index (κ3) is 2.11. The quantitative estimate of drug-likeness (QED) is 0.756. The maximum absolute atomic E-state index is 10.7. The molecule has 19 heavy (non-hydrogen) atoms. The van der Waals surface area contributed by atoms with E-state index in [9.17, 15) is 4.79 Å². The molecule has 0 atom stereocenters. The number of benzene rings is 1. The Balaban J connectivity index is 2.13. The second-order valence-corrected chi connectivity index (χ2v) is 3.87. The van der Waals surface area contributed by atoms with Gasteiger partial charge in [-0.2, -0.15) is 0 Å². The molecule has 0 saturated carbocycles. The number of primary amides is 1. The lowest BCUT2D eigenvalue weighted by molar-refractivity contribution is 0.208. The molecule has 94 valence electrons. The Bertz CT molecular complexity index is 737. The summed E-state index contributed by atoms with van der Waals surface area (Å²) in [5.41, 5.74) is 7.41. The predicted molar refractivity (Wildman–Crippen MR) is 68.6 cm³/mol. The Hall–Kier alpha value is -2.89. The van der Waals surface area contributed by atoms with Crippen molar-refractivity contribution < 1.29 is 9.53 Å². The van der Waals surface area contributed by atoms with Gasteiger partial charge in [0.15, 0.2) is 5.65 Å². The number of ether oxygens (including phenoxy) is 1. The molecule has 0 unspecified atom stereocenters. The van der Waals surface area contributed by atoms with Crippen molar-refractivity contribution in [1.82, 2.24) is 14.6 Å². The number of rotatable bonds is 2. The molecule has 1 aromatic carbocycles. The fraction of sp³-hybridized carbons (Fsp3) is 0.